The SMILES string of the molecule is Cc1ccc2c(n1)oc1c(-c3cc4oc(-c5ccc(C(C)C)cc5)cc4cn3)cccc12. The van der Waals surface area contributed by atoms with E-state index in [0.717, 1.165) is 55.6 Å². The van der Waals surface area contributed by atoms with Gasteiger partial charge in [0.15, 0.2) is 0 Å². The third-order valence-corrected chi connectivity index (χ3v) is 6.04. The normalized spacial score (nSPS) is 11.9. The molecular formula is C28H22N2O2. The quantitative estimate of drug-likeness (QED) is 0.293. The molecule has 0 aliphatic carbocycles. The molecule has 0 saturated heterocycles. The van der Waals surface area contributed by atoms with Crippen LogP contribution >= 0.6 is 0 Å². The fourth-order valence-corrected chi connectivity index (χ4v) is 4.23. The number of hydrogen-bond donors (Lipinski definition) is 0. The fraction of sp³-hybridized carbons (Fsp3) is 0.143. The summed E-state index contributed by atoms with van der Waals surface area (Å²) in [5, 5.41) is 3.03. The summed E-state index contributed by atoms with van der Waals surface area (Å²) in [6.07, 6.45) is 1.87. The van der Waals surface area contributed by atoms with Crippen LogP contribution < -0.4 is 0 Å². The van der Waals surface area contributed by atoms with Crippen LogP contribution in [0.3, 0.4) is 0 Å². The minimum atomic E-state index is 0.506. The van der Waals surface area contributed by atoms with E-state index in [1.54, 1.807) is 0 Å². The van der Waals surface area contributed by atoms with E-state index in [0.29, 0.717) is 11.6 Å². The average Bonchev–Trinajstić information content (AvgIpc) is 3.39. The Labute approximate surface area is 185 Å². The Morgan fingerprint density at radius 2 is 1.69 bits per heavy atom. The molecule has 156 valence electrons. The molecule has 4 nitrogen and oxygen atoms in total. The number of fused-ring (bicyclic) bond motifs is 4. The highest BCUT2D eigenvalue weighted by Gasteiger charge is 2.15. The van der Waals surface area contributed by atoms with Gasteiger partial charge < -0.3 is 8.83 Å². The highest BCUT2D eigenvalue weighted by atomic mass is 16.3. The van der Waals surface area contributed by atoms with Crippen LogP contribution in [0.2, 0.25) is 0 Å². The number of para-hydroxylation sites is 1. The Balaban J connectivity index is 1.46. The molecule has 0 aliphatic rings. The van der Waals surface area contributed by atoms with Crippen LogP contribution in [0.25, 0.3) is 55.6 Å². The molecule has 6 rings (SSSR count). The van der Waals surface area contributed by atoms with Gasteiger partial charge in [0, 0.05) is 45.2 Å². The monoisotopic (exact) mass is 418 g/mol. The van der Waals surface area contributed by atoms with Gasteiger partial charge in [0.1, 0.15) is 16.9 Å². The maximum absolute atomic E-state index is 6.22. The van der Waals surface area contributed by atoms with Gasteiger partial charge in [-0.15, -0.1) is 0 Å². The number of benzene rings is 2. The lowest BCUT2D eigenvalue weighted by molar-refractivity contribution is 0.631. The number of nitrogens with zero attached hydrogens (tertiary/aromatic N) is 2. The molecule has 0 amide bonds. The van der Waals surface area contributed by atoms with Gasteiger partial charge in [-0.3, -0.25) is 4.98 Å². The van der Waals surface area contributed by atoms with Gasteiger partial charge in [-0.05, 0) is 42.7 Å². The van der Waals surface area contributed by atoms with E-state index in [-0.39, 0.29) is 0 Å². The van der Waals surface area contributed by atoms with Crippen molar-refractivity contribution in [1.82, 2.24) is 9.97 Å². The van der Waals surface area contributed by atoms with Crippen molar-refractivity contribution in [1.29, 1.82) is 0 Å². The molecule has 0 radical (unpaired) electrons. The predicted molar refractivity (Wildman–Crippen MR) is 129 cm³/mol. The number of furan rings is 2. The third kappa shape index (κ3) is 2.99. The van der Waals surface area contributed by atoms with Crippen molar-refractivity contribution in [3.8, 4) is 22.6 Å². The Bertz CT molecular complexity index is 1600. The standard InChI is InChI=1S/C28H22N2O2/c1-16(2)18-8-10-19(11-9-18)25-13-20-15-29-24(14-26(20)31-25)23-6-4-5-21-22-12-7-17(3)30-28(22)32-27(21)23/h4-16H,1-3H3. The highest BCUT2D eigenvalue weighted by Crippen LogP contribution is 2.36. The first-order valence-corrected chi connectivity index (χ1v) is 10.9. The molecule has 0 N–H and O–H groups in total. The van der Waals surface area contributed by atoms with Crippen molar-refractivity contribution in [2.75, 3.05) is 0 Å². The minimum Gasteiger partial charge on any atom is -0.456 e. The molecule has 0 fully saturated rings. The first-order chi connectivity index (χ1) is 15.6. The van der Waals surface area contributed by atoms with Crippen LogP contribution in [-0.2, 0) is 0 Å². The average molecular weight is 418 g/mol. The number of aromatic nitrogens is 2. The zero-order valence-corrected chi connectivity index (χ0v) is 18.2. The summed E-state index contributed by atoms with van der Waals surface area (Å²) >= 11 is 0. The molecule has 4 aromatic heterocycles. The van der Waals surface area contributed by atoms with Crippen molar-refractivity contribution >= 4 is 33.0 Å². The second-order valence-electron chi connectivity index (χ2n) is 8.58. The van der Waals surface area contributed by atoms with Gasteiger partial charge in [0.2, 0.25) is 5.71 Å². The molecule has 2 aromatic carbocycles. The van der Waals surface area contributed by atoms with Crippen molar-refractivity contribution < 1.29 is 8.83 Å². The van der Waals surface area contributed by atoms with E-state index in [9.17, 15) is 0 Å². The summed E-state index contributed by atoms with van der Waals surface area (Å²) in [6.45, 7) is 6.36. The van der Waals surface area contributed by atoms with Gasteiger partial charge in [0.05, 0.1) is 5.69 Å². The molecule has 0 aliphatic heterocycles. The van der Waals surface area contributed by atoms with Gasteiger partial charge >= 0.3 is 0 Å². The number of aryl methyl sites for hydroxylation is 1. The number of hydrogen-bond acceptors (Lipinski definition) is 4. The summed E-state index contributed by atoms with van der Waals surface area (Å²) < 4.78 is 12.4. The summed E-state index contributed by atoms with van der Waals surface area (Å²) in [4.78, 5) is 9.26. The second-order valence-corrected chi connectivity index (χ2v) is 8.58. The first-order valence-electron chi connectivity index (χ1n) is 10.9. The van der Waals surface area contributed by atoms with Crippen molar-refractivity contribution in [2.24, 2.45) is 0 Å². The summed E-state index contributed by atoms with van der Waals surface area (Å²) in [5.41, 5.74) is 7.31. The maximum atomic E-state index is 6.22. The predicted octanol–water partition coefficient (Wildman–Crippen LogP) is 7.89. The fourth-order valence-electron chi connectivity index (χ4n) is 4.23. The van der Waals surface area contributed by atoms with E-state index >= 15 is 0 Å². The molecule has 0 bridgehead atoms. The Kier molecular flexibility index (Phi) is 4.15. The Morgan fingerprint density at radius 1 is 0.844 bits per heavy atom. The lowest BCUT2D eigenvalue weighted by Crippen LogP contribution is -1.85. The van der Waals surface area contributed by atoms with Gasteiger partial charge in [-0.25, -0.2) is 4.98 Å². The van der Waals surface area contributed by atoms with E-state index < -0.39 is 0 Å². The third-order valence-electron chi connectivity index (χ3n) is 6.04. The van der Waals surface area contributed by atoms with Crippen LogP contribution in [0.5, 0.6) is 0 Å². The molecule has 0 unspecified atom stereocenters. The second kappa shape index (κ2) is 7.06. The van der Waals surface area contributed by atoms with Crippen molar-refractivity contribution in [3.05, 3.63) is 84.2 Å². The lowest BCUT2D eigenvalue weighted by Gasteiger charge is -2.05. The van der Waals surface area contributed by atoms with Crippen molar-refractivity contribution in [2.45, 2.75) is 26.7 Å². The van der Waals surface area contributed by atoms with Crippen LogP contribution in [-0.4, -0.2) is 9.97 Å². The lowest BCUT2D eigenvalue weighted by atomic mass is 10.0. The summed E-state index contributed by atoms with van der Waals surface area (Å²) in [7, 11) is 0. The largest absolute Gasteiger partial charge is 0.456 e. The van der Waals surface area contributed by atoms with E-state index in [1.165, 1.54) is 5.56 Å². The first kappa shape index (κ1) is 18.8. The molecule has 6 aromatic rings. The van der Waals surface area contributed by atoms with E-state index in [1.807, 2.05) is 43.5 Å². The van der Waals surface area contributed by atoms with Crippen LogP contribution in [0.1, 0.15) is 31.0 Å². The van der Waals surface area contributed by atoms with Gasteiger partial charge in [-0.1, -0.05) is 50.2 Å². The summed E-state index contributed by atoms with van der Waals surface area (Å²) in [6, 6.07) is 22.8. The smallest absolute Gasteiger partial charge is 0.227 e. The molecule has 0 atom stereocenters. The van der Waals surface area contributed by atoms with Crippen LogP contribution in [0.4, 0.5) is 0 Å². The van der Waals surface area contributed by atoms with E-state index in [4.69, 9.17) is 13.8 Å². The molecular weight excluding hydrogens is 396 g/mol. The molecule has 32 heavy (non-hydrogen) atoms. The number of pyridine rings is 2. The molecule has 0 spiro atoms. The summed E-state index contributed by atoms with van der Waals surface area (Å²) in [5.74, 6) is 1.35. The Hall–Kier alpha value is -3.92. The van der Waals surface area contributed by atoms with Crippen LogP contribution in [0, 0.1) is 6.92 Å². The van der Waals surface area contributed by atoms with Gasteiger partial charge in [-0.2, -0.15) is 0 Å². The number of rotatable bonds is 3. The molecule has 0 saturated carbocycles. The Morgan fingerprint density at radius 3 is 2.50 bits per heavy atom. The minimum absolute atomic E-state index is 0.506. The zero-order valence-electron chi connectivity index (χ0n) is 18.2. The topological polar surface area (TPSA) is 52.1 Å². The molecule has 4 heteroatoms. The van der Waals surface area contributed by atoms with E-state index in [2.05, 4.69) is 55.2 Å². The van der Waals surface area contributed by atoms with Gasteiger partial charge in [0.25, 0.3) is 0 Å². The molecule has 4 heterocycles. The maximum Gasteiger partial charge on any atom is 0.227 e. The van der Waals surface area contributed by atoms with Crippen LogP contribution in [0.15, 0.2) is 81.8 Å². The zero-order chi connectivity index (χ0) is 21.8. The van der Waals surface area contributed by atoms with Crippen molar-refractivity contribution in [3.63, 3.8) is 0 Å². The highest BCUT2D eigenvalue weighted by molar-refractivity contribution is 6.08.